The molecule has 0 aliphatic heterocycles. The number of carbonyl (C=O) groups excluding carboxylic acids is 2. The van der Waals surface area contributed by atoms with E-state index in [1.807, 2.05) is 0 Å². The van der Waals surface area contributed by atoms with Crippen LogP contribution in [-0.4, -0.2) is 40.3 Å². The predicted molar refractivity (Wildman–Crippen MR) is 90.9 cm³/mol. The van der Waals surface area contributed by atoms with Crippen LogP contribution in [0.25, 0.3) is 0 Å². The van der Waals surface area contributed by atoms with Crippen LogP contribution in [0.3, 0.4) is 0 Å². The fraction of sp³-hybridized carbons (Fsp3) is 0.556. The number of ether oxygens (including phenoxy) is 1. The van der Waals surface area contributed by atoms with Crippen LogP contribution in [0.4, 0.5) is 4.79 Å². The molecule has 0 spiro atoms. The zero-order valence-electron chi connectivity index (χ0n) is 14.7. The van der Waals surface area contributed by atoms with E-state index < -0.39 is 23.9 Å². The third-order valence-electron chi connectivity index (χ3n) is 3.34. The number of ketones is 1. The largest absolute Gasteiger partial charge is 0.444 e. The zero-order chi connectivity index (χ0) is 18.3. The monoisotopic (exact) mass is 337 g/mol. The Morgan fingerprint density at radius 2 is 1.92 bits per heavy atom. The third kappa shape index (κ3) is 6.68. The van der Waals surface area contributed by atoms with Gasteiger partial charge in [-0.05, 0) is 38.8 Å². The van der Waals surface area contributed by atoms with E-state index in [2.05, 4.69) is 5.32 Å². The van der Waals surface area contributed by atoms with E-state index in [1.54, 1.807) is 52.0 Å². The van der Waals surface area contributed by atoms with Gasteiger partial charge >= 0.3 is 6.09 Å². The minimum atomic E-state index is -1.13. The molecule has 0 fully saturated rings. The van der Waals surface area contributed by atoms with E-state index in [0.717, 1.165) is 0 Å². The van der Waals surface area contributed by atoms with E-state index in [1.165, 1.54) is 0 Å². The molecule has 0 bridgehead atoms. The maximum absolute atomic E-state index is 11.7. The van der Waals surface area contributed by atoms with Crippen LogP contribution in [-0.2, 0) is 4.74 Å². The molecule has 0 saturated heterocycles. The molecule has 6 nitrogen and oxygen atoms in total. The lowest BCUT2D eigenvalue weighted by Gasteiger charge is -2.21. The molecule has 0 aromatic heterocycles. The van der Waals surface area contributed by atoms with E-state index in [9.17, 15) is 19.8 Å². The predicted octanol–water partition coefficient (Wildman–Crippen LogP) is 2.59. The summed E-state index contributed by atoms with van der Waals surface area (Å²) in [6.07, 6.45) is -2.23. The molecular weight excluding hydrogens is 310 g/mol. The average molecular weight is 337 g/mol. The second-order valence-corrected chi connectivity index (χ2v) is 6.63. The van der Waals surface area contributed by atoms with E-state index in [4.69, 9.17) is 4.74 Å². The van der Waals surface area contributed by atoms with Gasteiger partial charge in [0.25, 0.3) is 0 Å². The summed E-state index contributed by atoms with van der Waals surface area (Å²) < 4.78 is 5.09. The molecule has 1 amide bonds. The molecule has 0 aliphatic rings. The lowest BCUT2D eigenvalue weighted by Crippen LogP contribution is -2.34. The number of amides is 1. The first-order valence-electron chi connectivity index (χ1n) is 8.10. The smallest absolute Gasteiger partial charge is 0.407 e. The van der Waals surface area contributed by atoms with Crippen molar-refractivity contribution in [2.45, 2.75) is 58.3 Å². The molecule has 0 aliphatic carbocycles. The lowest BCUT2D eigenvalue weighted by molar-refractivity contribution is 0.0122. The fourth-order valence-electron chi connectivity index (χ4n) is 2.12. The van der Waals surface area contributed by atoms with Gasteiger partial charge < -0.3 is 20.3 Å². The fourth-order valence-corrected chi connectivity index (χ4v) is 2.12. The Labute approximate surface area is 142 Å². The van der Waals surface area contributed by atoms with Gasteiger partial charge in [0.15, 0.2) is 5.78 Å². The van der Waals surface area contributed by atoms with Gasteiger partial charge in [-0.1, -0.05) is 25.1 Å². The number of nitrogens with one attached hydrogen (secondary N) is 1. The number of aliphatic hydroxyl groups is 2. The summed E-state index contributed by atoms with van der Waals surface area (Å²) in [7, 11) is 0. The number of benzene rings is 1. The van der Waals surface area contributed by atoms with Crippen molar-refractivity contribution < 1.29 is 24.5 Å². The second kappa shape index (κ2) is 8.80. The minimum Gasteiger partial charge on any atom is -0.444 e. The standard InChI is InChI=1S/C18H27NO5/c1-5-14(20)12-7-6-8-13(11-12)16(22)15(21)9-10-19-17(23)24-18(2,3)4/h6-8,11,15-16,21-22H,5,9-10H2,1-4H3,(H,19,23). The van der Waals surface area contributed by atoms with Gasteiger partial charge in [0.2, 0.25) is 0 Å². The van der Waals surface area contributed by atoms with Gasteiger partial charge in [-0.3, -0.25) is 4.79 Å². The van der Waals surface area contributed by atoms with Crippen molar-refractivity contribution in [3.8, 4) is 0 Å². The molecule has 2 unspecified atom stereocenters. The molecule has 6 heteroatoms. The molecule has 2 atom stereocenters. The van der Waals surface area contributed by atoms with Crippen LogP contribution in [0, 0.1) is 0 Å². The van der Waals surface area contributed by atoms with E-state index >= 15 is 0 Å². The van der Waals surface area contributed by atoms with Gasteiger partial charge in [0.1, 0.15) is 11.7 Å². The molecule has 1 aromatic carbocycles. The van der Waals surface area contributed by atoms with Crippen molar-refractivity contribution >= 4 is 11.9 Å². The Kier molecular flexibility index (Phi) is 7.38. The average Bonchev–Trinajstić information content (AvgIpc) is 2.51. The van der Waals surface area contributed by atoms with Crippen LogP contribution in [0.2, 0.25) is 0 Å². The van der Waals surface area contributed by atoms with Crippen molar-refractivity contribution in [1.82, 2.24) is 5.32 Å². The summed E-state index contributed by atoms with van der Waals surface area (Å²) in [5.41, 5.74) is 0.390. The molecule has 0 heterocycles. The maximum Gasteiger partial charge on any atom is 0.407 e. The first-order chi connectivity index (χ1) is 11.1. The van der Waals surface area contributed by atoms with Crippen LogP contribution >= 0.6 is 0 Å². The molecule has 0 saturated carbocycles. The van der Waals surface area contributed by atoms with Gasteiger partial charge in [0, 0.05) is 18.5 Å². The zero-order valence-corrected chi connectivity index (χ0v) is 14.7. The highest BCUT2D eigenvalue weighted by atomic mass is 16.6. The quantitative estimate of drug-likeness (QED) is 0.665. The number of hydrogen-bond acceptors (Lipinski definition) is 5. The third-order valence-corrected chi connectivity index (χ3v) is 3.34. The van der Waals surface area contributed by atoms with Crippen molar-refractivity contribution in [3.05, 3.63) is 35.4 Å². The molecule has 24 heavy (non-hydrogen) atoms. The second-order valence-electron chi connectivity index (χ2n) is 6.63. The highest BCUT2D eigenvalue weighted by Gasteiger charge is 2.20. The summed E-state index contributed by atoms with van der Waals surface area (Å²) in [5.74, 6) is -0.0230. The number of carbonyl (C=O) groups is 2. The number of aliphatic hydroxyl groups excluding tert-OH is 2. The van der Waals surface area contributed by atoms with Crippen LogP contribution in [0.5, 0.6) is 0 Å². The molecule has 3 N–H and O–H groups in total. The Morgan fingerprint density at radius 3 is 2.50 bits per heavy atom. The van der Waals surface area contributed by atoms with Crippen molar-refractivity contribution in [2.75, 3.05) is 6.54 Å². The molecule has 1 rings (SSSR count). The first kappa shape index (κ1) is 20.1. The van der Waals surface area contributed by atoms with Gasteiger partial charge in [-0.2, -0.15) is 0 Å². The Balaban J connectivity index is 2.54. The highest BCUT2D eigenvalue weighted by Crippen LogP contribution is 2.20. The lowest BCUT2D eigenvalue weighted by atomic mass is 9.98. The normalized spacial score (nSPS) is 13.9. The molecule has 134 valence electrons. The summed E-state index contributed by atoms with van der Waals surface area (Å²) in [6.45, 7) is 7.21. The van der Waals surface area contributed by atoms with Gasteiger partial charge in [-0.15, -0.1) is 0 Å². The van der Waals surface area contributed by atoms with Crippen LogP contribution in [0.15, 0.2) is 24.3 Å². The molecular formula is C18H27NO5. The Hall–Kier alpha value is -1.92. The van der Waals surface area contributed by atoms with Gasteiger partial charge in [-0.25, -0.2) is 4.79 Å². The number of Topliss-reactive ketones (excluding diaryl/α,β-unsaturated/α-hetero) is 1. The minimum absolute atomic E-state index is 0.0230. The maximum atomic E-state index is 11.7. The molecule has 1 aromatic rings. The van der Waals surface area contributed by atoms with E-state index in [-0.39, 0.29) is 18.7 Å². The number of hydrogen-bond donors (Lipinski definition) is 3. The van der Waals surface area contributed by atoms with Crippen LogP contribution < -0.4 is 5.32 Å². The van der Waals surface area contributed by atoms with Crippen molar-refractivity contribution in [3.63, 3.8) is 0 Å². The summed E-state index contributed by atoms with van der Waals surface area (Å²) in [5, 5.41) is 22.8. The van der Waals surface area contributed by atoms with Crippen molar-refractivity contribution in [1.29, 1.82) is 0 Å². The Bertz CT molecular complexity index is 565. The molecule has 0 radical (unpaired) electrons. The summed E-state index contributed by atoms with van der Waals surface area (Å²) in [4.78, 5) is 23.2. The summed E-state index contributed by atoms with van der Waals surface area (Å²) in [6, 6.07) is 6.59. The Morgan fingerprint density at radius 1 is 1.25 bits per heavy atom. The highest BCUT2D eigenvalue weighted by molar-refractivity contribution is 5.95. The topological polar surface area (TPSA) is 95.9 Å². The van der Waals surface area contributed by atoms with Crippen LogP contribution in [0.1, 0.15) is 62.6 Å². The van der Waals surface area contributed by atoms with Crippen molar-refractivity contribution in [2.24, 2.45) is 0 Å². The number of rotatable bonds is 7. The SMILES string of the molecule is CCC(=O)c1cccc(C(O)C(O)CCNC(=O)OC(C)(C)C)c1. The number of alkyl carbamates (subject to hydrolysis) is 1. The first-order valence-corrected chi connectivity index (χ1v) is 8.10. The summed E-state index contributed by atoms with van der Waals surface area (Å²) >= 11 is 0. The van der Waals surface area contributed by atoms with E-state index in [0.29, 0.717) is 17.5 Å². The van der Waals surface area contributed by atoms with Gasteiger partial charge in [0.05, 0.1) is 6.10 Å².